The monoisotopic (exact) mass is 586 g/mol. The standard InChI is InChI=1S/C42H26N4/c1-3-13-27(14-4-1)41-32-20-9-11-21-36(32)43-42(44-41)46-37-22-12-10-19-31(37)34-25-39-35(26-40(34)46)33-23-28-15-7-8-16-29(28)24-38(33)45(39)30-17-5-2-6-18-30/h1-26H. The molecule has 0 aliphatic rings. The topological polar surface area (TPSA) is 35.6 Å². The molecule has 0 radical (unpaired) electrons. The van der Waals surface area contributed by atoms with Crippen molar-refractivity contribution >= 4 is 65.3 Å². The zero-order chi connectivity index (χ0) is 30.2. The summed E-state index contributed by atoms with van der Waals surface area (Å²) in [6.45, 7) is 0. The van der Waals surface area contributed by atoms with Crippen molar-refractivity contribution in [3.63, 3.8) is 0 Å². The number of rotatable bonds is 3. The molecule has 0 N–H and O–H groups in total. The van der Waals surface area contributed by atoms with Gasteiger partial charge in [0.15, 0.2) is 0 Å². The number of para-hydroxylation sites is 3. The number of hydrogen-bond acceptors (Lipinski definition) is 2. The van der Waals surface area contributed by atoms with Gasteiger partial charge in [-0.15, -0.1) is 0 Å². The second-order valence-electron chi connectivity index (χ2n) is 11.9. The first-order valence-electron chi connectivity index (χ1n) is 15.6. The van der Waals surface area contributed by atoms with E-state index in [9.17, 15) is 0 Å². The van der Waals surface area contributed by atoms with Crippen LogP contribution in [0, 0.1) is 0 Å². The highest BCUT2D eigenvalue weighted by atomic mass is 15.2. The fraction of sp³-hybridized carbons (Fsp3) is 0. The number of hydrogen-bond donors (Lipinski definition) is 0. The Morgan fingerprint density at radius 3 is 1.74 bits per heavy atom. The molecule has 214 valence electrons. The Labute approximate surface area is 264 Å². The first-order valence-corrected chi connectivity index (χ1v) is 15.6. The minimum Gasteiger partial charge on any atom is -0.309 e. The predicted molar refractivity (Wildman–Crippen MR) is 191 cm³/mol. The lowest BCUT2D eigenvalue weighted by Crippen LogP contribution is -2.03. The molecule has 0 unspecified atom stereocenters. The Kier molecular flexibility index (Phi) is 5.25. The third-order valence-corrected chi connectivity index (χ3v) is 9.28. The van der Waals surface area contributed by atoms with Crippen LogP contribution in [0.25, 0.3) is 88.2 Å². The minimum absolute atomic E-state index is 0.667. The van der Waals surface area contributed by atoms with Gasteiger partial charge in [-0.2, -0.15) is 0 Å². The molecular formula is C42H26N4. The van der Waals surface area contributed by atoms with Gasteiger partial charge in [0, 0.05) is 38.2 Å². The fourth-order valence-electron chi connectivity index (χ4n) is 7.21. The summed E-state index contributed by atoms with van der Waals surface area (Å²) in [5.74, 6) is 0.667. The molecule has 0 aliphatic heterocycles. The molecule has 0 spiro atoms. The van der Waals surface area contributed by atoms with Gasteiger partial charge in [0.2, 0.25) is 5.95 Å². The lowest BCUT2D eigenvalue weighted by Gasteiger charge is -2.12. The van der Waals surface area contributed by atoms with Gasteiger partial charge >= 0.3 is 0 Å². The average Bonchev–Trinajstić information content (AvgIpc) is 3.61. The van der Waals surface area contributed by atoms with Crippen LogP contribution < -0.4 is 0 Å². The molecule has 3 aromatic heterocycles. The van der Waals surface area contributed by atoms with E-state index in [2.05, 4.69) is 155 Å². The molecule has 3 heterocycles. The van der Waals surface area contributed by atoms with E-state index < -0.39 is 0 Å². The molecular weight excluding hydrogens is 560 g/mol. The van der Waals surface area contributed by atoms with E-state index in [1.54, 1.807) is 0 Å². The predicted octanol–water partition coefficient (Wildman–Crippen LogP) is 10.6. The second-order valence-corrected chi connectivity index (χ2v) is 11.9. The third-order valence-electron chi connectivity index (χ3n) is 9.28. The maximum Gasteiger partial charge on any atom is 0.235 e. The molecule has 0 saturated heterocycles. The minimum atomic E-state index is 0.667. The van der Waals surface area contributed by atoms with E-state index >= 15 is 0 Å². The number of aromatic nitrogens is 4. The van der Waals surface area contributed by atoms with Crippen molar-refractivity contribution in [2.45, 2.75) is 0 Å². The van der Waals surface area contributed by atoms with Crippen molar-refractivity contribution < 1.29 is 0 Å². The maximum absolute atomic E-state index is 5.30. The summed E-state index contributed by atoms with van der Waals surface area (Å²) >= 11 is 0. The van der Waals surface area contributed by atoms with Crippen molar-refractivity contribution in [3.8, 4) is 22.9 Å². The number of fused-ring (bicyclic) bond motifs is 8. The van der Waals surface area contributed by atoms with Gasteiger partial charge in [-0.25, -0.2) is 9.97 Å². The largest absolute Gasteiger partial charge is 0.309 e. The van der Waals surface area contributed by atoms with E-state index in [4.69, 9.17) is 9.97 Å². The van der Waals surface area contributed by atoms with Crippen LogP contribution >= 0.6 is 0 Å². The second kappa shape index (κ2) is 9.62. The molecule has 4 nitrogen and oxygen atoms in total. The van der Waals surface area contributed by atoms with Crippen molar-refractivity contribution in [1.29, 1.82) is 0 Å². The molecule has 0 bridgehead atoms. The van der Waals surface area contributed by atoms with Crippen LogP contribution in [-0.4, -0.2) is 19.1 Å². The van der Waals surface area contributed by atoms with Crippen LogP contribution in [0.5, 0.6) is 0 Å². The van der Waals surface area contributed by atoms with E-state index in [1.807, 2.05) is 12.1 Å². The molecule has 0 amide bonds. The van der Waals surface area contributed by atoms with Gasteiger partial charge in [0.05, 0.1) is 33.3 Å². The smallest absolute Gasteiger partial charge is 0.235 e. The first kappa shape index (κ1) is 25.1. The molecule has 0 atom stereocenters. The SMILES string of the molecule is c1ccc(-c2nc(-n3c4ccccc4c4cc5c(cc43)c3cc4ccccc4cc3n5-c3ccccc3)nc3ccccc23)cc1. The number of nitrogens with zero attached hydrogens (tertiary/aromatic N) is 4. The number of benzene rings is 7. The summed E-state index contributed by atoms with van der Waals surface area (Å²) in [4.78, 5) is 10.5. The van der Waals surface area contributed by atoms with Crippen molar-refractivity contribution in [2.24, 2.45) is 0 Å². The lowest BCUT2D eigenvalue weighted by atomic mass is 10.1. The van der Waals surface area contributed by atoms with Gasteiger partial charge in [-0.05, 0) is 59.3 Å². The van der Waals surface area contributed by atoms with E-state index in [0.29, 0.717) is 5.95 Å². The van der Waals surface area contributed by atoms with Crippen LogP contribution in [0.4, 0.5) is 0 Å². The first-order chi connectivity index (χ1) is 22.8. The summed E-state index contributed by atoms with van der Waals surface area (Å²) in [5.41, 5.74) is 8.61. The van der Waals surface area contributed by atoms with E-state index in [0.717, 1.165) is 38.9 Å². The van der Waals surface area contributed by atoms with Gasteiger partial charge in [-0.3, -0.25) is 4.57 Å². The van der Waals surface area contributed by atoms with Gasteiger partial charge in [0.25, 0.3) is 0 Å². The highest BCUT2D eigenvalue weighted by Crippen LogP contribution is 2.41. The van der Waals surface area contributed by atoms with Crippen molar-refractivity contribution in [3.05, 3.63) is 158 Å². The Balaban J connectivity index is 1.36. The van der Waals surface area contributed by atoms with Crippen molar-refractivity contribution in [2.75, 3.05) is 0 Å². The molecule has 0 aliphatic carbocycles. The molecule has 0 saturated carbocycles. The summed E-state index contributed by atoms with van der Waals surface area (Å²) in [6.07, 6.45) is 0. The van der Waals surface area contributed by atoms with Gasteiger partial charge < -0.3 is 4.57 Å². The third kappa shape index (κ3) is 3.61. The quantitative estimate of drug-likeness (QED) is 0.206. The molecule has 7 aromatic carbocycles. The summed E-state index contributed by atoms with van der Waals surface area (Å²) < 4.78 is 4.65. The fourth-order valence-corrected chi connectivity index (χ4v) is 7.21. The Bertz CT molecular complexity index is 2790. The molecule has 10 rings (SSSR count). The van der Waals surface area contributed by atoms with Gasteiger partial charge in [-0.1, -0.05) is 109 Å². The summed E-state index contributed by atoms with van der Waals surface area (Å²) in [6, 6.07) is 56.0. The Hall–Kier alpha value is -6.26. The molecule has 0 fully saturated rings. The zero-order valence-corrected chi connectivity index (χ0v) is 24.8. The molecule has 10 aromatic rings. The van der Waals surface area contributed by atoms with Crippen molar-refractivity contribution in [1.82, 2.24) is 19.1 Å². The Morgan fingerprint density at radius 1 is 0.370 bits per heavy atom. The molecule has 4 heteroatoms. The lowest BCUT2D eigenvalue weighted by molar-refractivity contribution is 1.01. The van der Waals surface area contributed by atoms with Crippen LogP contribution in [0.1, 0.15) is 0 Å². The van der Waals surface area contributed by atoms with Crippen LogP contribution in [0.15, 0.2) is 158 Å². The van der Waals surface area contributed by atoms with Crippen LogP contribution in [0.3, 0.4) is 0 Å². The highest BCUT2D eigenvalue weighted by Gasteiger charge is 2.21. The summed E-state index contributed by atoms with van der Waals surface area (Å²) in [7, 11) is 0. The average molecular weight is 587 g/mol. The van der Waals surface area contributed by atoms with Crippen LogP contribution in [0.2, 0.25) is 0 Å². The maximum atomic E-state index is 5.30. The highest BCUT2D eigenvalue weighted by molar-refractivity contribution is 6.20. The van der Waals surface area contributed by atoms with Crippen LogP contribution in [-0.2, 0) is 0 Å². The normalized spacial score (nSPS) is 11.9. The Morgan fingerprint density at radius 2 is 0.935 bits per heavy atom. The van der Waals surface area contributed by atoms with E-state index in [-0.39, 0.29) is 0 Å². The zero-order valence-electron chi connectivity index (χ0n) is 24.8. The van der Waals surface area contributed by atoms with Gasteiger partial charge in [0.1, 0.15) is 0 Å². The summed E-state index contributed by atoms with van der Waals surface area (Å²) in [5, 5.41) is 8.27. The van der Waals surface area contributed by atoms with E-state index in [1.165, 1.54) is 43.4 Å². The molecule has 46 heavy (non-hydrogen) atoms.